The maximum absolute atomic E-state index is 12.6. The van der Waals surface area contributed by atoms with E-state index in [1.54, 1.807) is 0 Å². The molecule has 3 N–H and O–H groups in total. The number of ether oxygens (including phenoxy) is 2. The molecule has 1 unspecified atom stereocenters. The Balaban J connectivity index is 0.00000169. The van der Waals surface area contributed by atoms with E-state index in [4.69, 9.17) is 15.2 Å². The van der Waals surface area contributed by atoms with Crippen molar-refractivity contribution in [3.8, 4) is 0 Å². The molecule has 148 valence electrons. The number of halogens is 2. The number of benzene rings is 1. The highest BCUT2D eigenvalue weighted by Gasteiger charge is 2.36. The standard InChI is InChI=1S/C18H27N3O3.2ClH/c19-18(6-10-23-11-7-18)17(22)20-14-16(15-4-2-1-3-5-15)21-8-12-24-13-9-21;;/h1-5,16H,6-14,19H2,(H,20,22);2*1H. The van der Waals surface area contributed by atoms with Crippen molar-refractivity contribution in [2.75, 3.05) is 46.1 Å². The summed E-state index contributed by atoms with van der Waals surface area (Å²) in [6, 6.07) is 10.4. The van der Waals surface area contributed by atoms with Crippen molar-refractivity contribution in [3.63, 3.8) is 0 Å². The maximum atomic E-state index is 12.6. The van der Waals surface area contributed by atoms with Crippen LogP contribution in [0.4, 0.5) is 0 Å². The summed E-state index contributed by atoms with van der Waals surface area (Å²) < 4.78 is 10.8. The molecule has 2 heterocycles. The number of rotatable bonds is 5. The summed E-state index contributed by atoms with van der Waals surface area (Å²) in [6.45, 7) is 4.87. The molecule has 0 radical (unpaired) electrons. The van der Waals surface area contributed by atoms with Crippen LogP contribution in [0.3, 0.4) is 0 Å². The summed E-state index contributed by atoms with van der Waals surface area (Å²) in [5.41, 5.74) is 6.69. The van der Waals surface area contributed by atoms with Crippen LogP contribution in [-0.4, -0.2) is 62.4 Å². The largest absolute Gasteiger partial charge is 0.381 e. The maximum Gasteiger partial charge on any atom is 0.240 e. The van der Waals surface area contributed by atoms with Gasteiger partial charge in [-0.3, -0.25) is 9.69 Å². The number of nitrogens with zero attached hydrogens (tertiary/aromatic N) is 1. The number of morpholine rings is 1. The van der Waals surface area contributed by atoms with Crippen LogP contribution in [0.25, 0.3) is 0 Å². The van der Waals surface area contributed by atoms with Crippen molar-refractivity contribution in [1.29, 1.82) is 0 Å². The first-order chi connectivity index (χ1) is 11.7. The molecule has 2 aliphatic heterocycles. The fraction of sp³-hybridized carbons (Fsp3) is 0.611. The van der Waals surface area contributed by atoms with Gasteiger partial charge in [0.25, 0.3) is 0 Å². The average Bonchev–Trinajstić information content (AvgIpc) is 2.64. The first-order valence-electron chi connectivity index (χ1n) is 8.71. The van der Waals surface area contributed by atoms with Gasteiger partial charge in [-0.25, -0.2) is 0 Å². The third-order valence-electron chi connectivity index (χ3n) is 4.96. The van der Waals surface area contributed by atoms with E-state index < -0.39 is 5.54 Å². The summed E-state index contributed by atoms with van der Waals surface area (Å²) in [7, 11) is 0. The van der Waals surface area contributed by atoms with Crippen LogP contribution >= 0.6 is 24.8 Å². The fourth-order valence-corrected chi connectivity index (χ4v) is 3.35. The van der Waals surface area contributed by atoms with Gasteiger partial charge in [0.05, 0.1) is 24.8 Å². The quantitative estimate of drug-likeness (QED) is 0.776. The molecule has 8 heteroatoms. The fourth-order valence-electron chi connectivity index (χ4n) is 3.35. The molecule has 3 rings (SSSR count). The molecule has 26 heavy (non-hydrogen) atoms. The molecule has 1 aromatic carbocycles. The van der Waals surface area contributed by atoms with Crippen LogP contribution < -0.4 is 11.1 Å². The lowest BCUT2D eigenvalue weighted by atomic mass is 9.90. The summed E-state index contributed by atoms with van der Waals surface area (Å²) in [5, 5.41) is 3.09. The van der Waals surface area contributed by atoms with Crippen molar-refractivity contribution in [2.45, 2.75) is 24.4 Å². The normalized spacial score (nSPS) is 21.0. The average molecular weight is 406 g/mol. The van der Waals surface area contributed by atoms with E-state index in [1.165, 1.54) is 5.56 Å². The molecule has 0 bridgehead atoms. The van der Waals surface area contributed by atoms with E-state index in [1.807, 2.05) is 18.2 Å². The number of hydrogen-bond acceptors (Lipinski definition) is 5. The van der Waals surface area contributed by atoms with Crippen LogP contribution in [0.15, 0.2) is 30.3 Å². The number of nitrogens with two attached hydrogens (primary N) is 1. The zero-order valence-electron chi connectivity index (χ0n) is 14.9. The summed E-state index contributed by atoms with van der Waals surface area (Å²) >= 11 is 0. The lowest BCUT2D eigenvalue weighted by molar-refractivity contribution is -0.130. The number of hydrogen-bond donors (Lipinski definition) is 2. The van der Waals surface area contributed by atoms with E-state index in [0.29, 0.717) is 32.6 Å². The van der Waals surface area contributed by atoms with Gasteiger partial charge in [-0.15, -0.1) is 24.8 Å². The van der Waals surface area contributed by atoms with Gasteiger partial charge in [-0.05, 0) is 18.4 Å². The highest BCUT2D eigenvalue weighted by molar-refractivity contribution is 5.86. The van der Waals surface area contributed by atoms with Crippen molar-refractivity contribution < 1.29 is 14.3 Å². The van der Waals surface area contributed by atoms with Crippen molar-refractivity contribution >= 4 is 30.7 Å². The predicted molar refractivity (Wildman–Crippen MR) is 106 cm³/mol. The van der Waals surface area contributed by atoms with Crippen LogP contribution in [-0.2, 0) is 14.3 Å². The van der Waals surface area contributed by atoms with Crippen LogP contribution in [0.1, 0.15) is 24.4 Å². The molecule has 1 amide bonds. The van der Waals surface area contributed by atoms with Crippen LogP contribution in [0.5, 0.6) is 0 Å². The van der Waals surface area contributed by atoms with Crippen LogP contribution in [0, 0.1) is 0 Å². The minimum atomic E-state index is -0.801. The van der Waals surface area contributed by atoms with E-state index in [2.05, 4.69) is 22.3 Å². The third kappa shape index (κ3) is 5.81. The summed E-state index contributed by atoms with van der Waals surface area (Å²) in [5.74, 6) is -0.0695. The first-order valence-corrected chi connectivity index (χ1v) is 8.71. The predicted octanol–water partition coefficient (Wildman–Crippen LogP) is 1.53. The molecular weight excluding hydrogens is 377 g/mol. The molecule has 2 aliphatic rings. The second-order valence-corrected chi connectivity index (χ2v) is 6.55. The molecule has 2 saturated heterocycles. The Hall–Kier alpha value is -0.890. The molecule has 6 nitrogen and oxygen atoms in total. The number of nitrogens with one attached hydrogen (secondary N) is 1. The Morgan fingerprint density at radius 1 is 1.08 bits per heavy atom. The second kappa shape index (κ2) is 11.1. The Morgan fingerprint density at radius 2 is 1.65 bits per heavy atom. The number of carbonyl (C=O) groups excluding carboxylic acids is 1. The Labute approximate surface area is 167 Å². The van der Waals surface area contributed by atoms with E-state index in [9.17, 15) is 4.79 Å². The van der Waals surface area contributed by atoms with Gasteiger partial charge in [0.2, 0.25) is 5.91 Å². The molecule has 2 fully saturated rings. The zero-order chi connectivity index (χ0) is 16.8. The Bertz CT molecular complexity index is 536. The zero-order valence-corrected chi connectivity index (χ0v) is 16.5. The van der Waals surface area contributed by atoms with E-state index >= 15 is 0 Å². The first kappa shape index (κ1) is 23.1. The van der Waals surface area contributed by atoms with E-state index in [0.717, 1.165) is 26.3 Å². The monoisotopic (exact) mass is 405 g/mol. The Kier molecular flexibility index (Phi) is 9.85. The van der Waals surface area contributed by atoms with Gasteiger partial charge in [-0.1, -0.05) is 30.3 Å². The molecule has 0 aliphatic carbocycles. The minimum Gasteiger partial charge on any atom is -0.381 e. The van der Waals surface area contributed by atoms with Crippen molar-refractivity contribution in [1.82, 2.24) is 10.2 Å². The highest BCUT2D eigenvalue weighted by atomic mass is 35.5. The highest BCUT2D eigenvalue weighted by Crippen LogP contribution is 2.22. The smallest absolute Gasteiger partial charge is 0.240 e. The van der Waals surface area contributed by atoms with Gasteiger partial charge in [-0.2, -0.15) is 0 Å². The summed E-state index contributed by atoms with van der Waals surface area (Å²) in [4.78, 5) is 15.0. The lowest BCUT2D eigenvalue weighted by Gasteiger charge is -2.36. The SMILES string of the molecule is Cl.Cl.NC1(C(=O)NCC(c2ccccc2)N2CCOCC2)CCOCC1. The molecule has 1 atom stereocenters. The van der Waals surface area contributed by atoms with Gasteiger partial charge >= 0.3 is 0 Å². The minimum absolute atomic E-state index is 0. The topological polar surface area (TPSA) is 76.8 Å². The Morgan fingerprint density at radius 3 is 2.27 bits per heavy atom. The molecular formula is C18H29Cl2N3O3. The molecule has 0 saturated carbocycles. The molecule has 0 spiro atoms. The van der Waals surface area contributed by atoms with Gasteiger partial charge < -0.3 is 20.5 Å². The second-order valence-electron chi connectivity index (χ2n) is 6.55. The van der Waals surface area contributed by atoms with Crippen molar-refractivity contribution in [2.24, 2.45) is 5.73 Å². The molecule has 1 aromatic rings. The van der Waals surface area contributed by atoms with Gasteiger partial charge in [0, 0.05) is 32.8 Å². The van der Waals surface area contributed by atoms with E-state index in [-0.39, 0.29) is 36.8 Å². The third-order valence-corrected chi connectivity index (χ3v) is 4.96. The van der Waals surface area contributed by atoms with Gasteiger partial charge in [0.15, 0.2) is 0 Å². The van der Waals surface area contributed by atoms with Crippen molar-refractivity contribution in [3.05, 3.63) is 35.9 Å². The summed E-state index contributed by atoms with van der Waals surface area (Å²) in [6.07, 6.45) is 1.15. The number of amides is 1. The van der Waals surface area contributed by atoms with Crippen LogP contribution in [0.2, 0.25) is 0 Å². The number of carbonyl (C=O) groups is 1. The van der Waals surface area contributed by atoms with Gasteiger partial charge in [0.1, 0.15) is 0 Å². The lowest BCUT2D eigenvalue weighted by Crippen LogP contribution is -2.58. The molecule has 0 aromatic heterocycles.